The second-order valence-corrected chi connectivity index (χ2v) is 15.7. The van der Waals surface area contributed by atoms with Gasteiger partial charge in [-0.2, -0.15) is 0 Å². The van der Waals surface area contributed by atoms with Gasteiger partial charge in [-0.15, -0.1) is 0 Å². The molecule has 10 aromatic rings. The maximum absolute atomic E-state index is 5.38. The zero-order valence-corrected chi connectivity index (χ0v) is 31.9. The molecule has 1 aromatic heterocycles. The quantitative estimate of drug-likeness (QED) is 0.176. The molecule has 0 unspecified atom stereocenters. The maximum atomic E-state index is 5.38. The van der Waals surface area contributed by atoms with E-state index in [1.807, 2.05) is 0 Å². The van der Waals surface area contributed by atoms with Gasteiger partial charge in [0.1, 0.15) is 0 Å². The van der Waals surface area contributed by atoms with Gasteiger partial charge in [0.2, 0.25) is 0 Å². The molecule has 0 bridgehead atoms. The molecule has 0 spiro atoms. The van der Waals surface area contributed by atoms with E-state index < -0.39 is 0 Å². The summed E-state index contributed by atoms with van der Waals surface area (Å²) in [7, 11) is 0. The Kier molecular flexibility index (Phi) is 7.55. The Morgan fingerprint density at radius 3 is 1.75 bits per heavy atom. The third kappa shape index (κ3) is 5.40. The van der Waals surface area contributed by atoms with Crippen LogP contribution in [-0.2, 0) is 5.41 Å². The summed E-state index contributed by atoms with van der Waals surface area (Å²) < 4.78 is 0. The molecule has 9 aromatic carbocycles. The molecule has 57 heavy (non-hydrogen) atoms. The highest BCUT2D eigenvalue weighted by Crippen LogP contribution is 2.52. The van der Waals surface area contributed by atoms with E-state index in [4.69, 9.17) is 9.97 Å². The zero-order chi connectivity index (χ0) is 38.1. The van der Waals surface area contributed by atoms with E-state index in [0.717, 1.165) is 44.4 Å². The van der Waals surface area contributed by atoms with Gasteiger partial charge in [-0.3, -0.25) is 0 Å². The van der Waals surface area contributed by atoms with Crippen molar-refractivity contribution in [3.63, 3.8) is 0 Å². The molecule has 0 atom stereocenters. The SMILES string of the molecule is CC1(C)c2ccc(-c3ccc(-c4cc(-c5cccc(-c6ccccc6)c5)nc(-c5cccc6ccccc56)n4)c4ccccc34)cc2-c2ccc3ccccc3c21. The van der Waals surface area contributed by atoms with Gasteiger partial charge in [0.15, 0.2) is 5.82 Å². The average molecular weight is 727 g/mol. The Labute approximate surface area is 332 Å². The molecule has 0 aliphatic heterocycles. The first kappa shape index (κ1) is 33.2. The molecule has 268 valence electrons. The predicted octanol–water partition coefficient (Wildman–Crippen LogP) is 14.6. The fraction of sp³-hybridized carbons (Fsp3) is 0.0545. The molecule has 2 heteroatoms. The number of fused-ring (bicyclic) bond motifs is 7. The van der Waals surface area contributed by atoms with Crippen molar-refractivity contribution in [1.82, 2.24) is 9.97 Å². The second kappa shape index (κ2) is 13.0. The summed E-state index contributed by atoms with van der Waals surface area (Å²) in [5, 5.41) is 7.29. The number of hydrogen-bond donors (Lipinski definition) is 0. The van der Waals surface area contributed by atoms with E-state index in [2.05, 4.69) is 208 Å². The summed E-state index contributed by atoms with van der Waals surface area (Å²) in [4.78, 5) is 10.7. The molecule has 0 radical (unpaired) electrons. The lowest BCUT2D eigenvalue weighted by Gasteiger charge is -2.23. The topological polar surface area (TPSA) is 25.8 Å². The van der Waals surface area contributed by atoms with Crippen LogP contribution in [0, 0.1) is 0 Å². The average Bonchev–Trinajstić information content (AvgIpc) is 3.51. The normalized spacial score (nSPS) is 12.9. The molecule has 0 saturated heterocycles. The lowest BCUT2D eigenvalue weighted by Crippen LogP contribution is -2.15. The third-order valence-corrected chi connectivity index (χ3v) is 12.1. The summed E-state index contributed by atoms with van der Waals surface area (Å²) in [5.74, 6) is 0.713. The smallest absolute Gasteiger partial charge is 0.161 e. The number of aromatic nitrogens is 2. The third-order valence-electron chi connectivity index (χ3n) is 12.1. The number of benzene rings is 9. The minimum Gasteiger partial charge on any atom is -0.228 e. The first-order valence-corrected chi connectivity index (χ1v) is 19.7. The summed E-state index contributed by atoms with van der Waals surface area (Å²) in [6, 6.07) is 70.1. The van der Waals surface area contributed by atoms with Gasteiger partial charge in [0.05, 0.1) is 11.4 Å². The van der Waals surface area contributed by atoms with Crippen LogP contribution in [0.5, 0.6) is 0 Å². The van der Waals surface area contributed by atoms with Crippen LogP contribution in [0.25, 0.3) is 99.6 Å². The van der Waals surface area contributed by atoms with E-state index in [1.165, 1.54) is 60.5 Å². The molecule has 0 N–H and O–H groups in total. The minimum absolute atomic E-state index is 0.0941. The predicted molar refractivity (Wildman–Crippen MR) is 239 cm³/mol. The first-order chi connectivity index (χ1) is 28.0. The number of hydrogen-bond acceptors (Lipinski definition) is 2. The largest absolute Gasteiger partial charge is 0.228 e. The van der Waals surface area contributed by atoms with Crippen LogP contribution in [0.1, 0.15) is 25.0 Å². The van der Waals surface area contributed by atoms with Crippen LogP contribution < -0.4 is 0 Å². The minimum atomic E-state index is -0.0941. The fourth-order valence-corrected chi connectivity index (χ4v) is 9.32. The fourth-order valence-electron chi connectivity index (χ4n) is 9.32. The zero-order valence-electron chi connectivity index (χ0n) is 31.9. The van der Waals surface area contributed by atoms with E-state index in [0.29, 0.717) is 5.82 Å². The highest BCUT2D eigenvalue weighted by atomic mass is 14.9. The molecule has 11 rings (SSSR count). The van der Waals surface area contributed by atoms with Crippen LogP contribution in [0.15, 0.2) is 194 Å². The molecule has 1 aliphatic carbocycles. The Morgan fingerprint density at radius 1 is 0.333 bits per heavy atom. The highest BCUT2D eigenvalue weighted by molar-refractivity contribution is 6.06. The van der Waals surface area contributed by atoms with Gasteiger partial charge in [0.25, 0.3) is 0 Å². The van der Waals surface area contributed by atoms with Gasteiger partial charge in [-0.05, 0) is 95.0 Å². The summed E-state index contributed by atoms with van der Waals surface area (Å²) in [6.45, 7) is 4.74. The lowest BCUT2D eigenvalue weighted by atomic mass is 9.80. The van der Waals surface area contributed by atoms with Crippen LogP contribution in [0.2, 0.25) is 0 Å². The molecule has 0 amide bonds. The van der Waals surface area contributed by atoms with Gasteiger partial charge in [0, 0.05) is 22.1 Å². The van der Waals surface area contributed by atoms with Crippen LogP contribution >= 0.6 is 0 Å². The van der Waals surface area contributed by atoms with Crippen LogP contribution in [0.4, 0.5) is 0 Å². The summed E-state index contributed by atoms with van der Waals surface area (Å²) in [6.07, 6.45) is 0. The summed E-state index contributed by atoms with van der Waals surface area (Å²) >= 11 is 0. The standard InChI is InChI=1S/C55H38N2/c1-55(2)50-31-27-39(33-49(50)47-28-26-37-17-7-9-22-43(37)53(47)55)42-29-30-46(45-24-11-10-23-44(42)45)52-34-51(40-20-12-19-38(32-40)35-14-4-3-5-15-35)56-54(57-52)48-25-13-18-36-16-6-8-21-41(36)48/h3-34H,1-2H3. The van der Waals surface area contributed by atoms with Gasteiger partial charge < -0.3 is 0 Å². The van der Waals surface area contributed by atoms with Crippen molar-refractivity contribution in [3.05, 3.63) is 205 Å². The van der Waals surface area contributed by atoms with Crippen LogP contribution in [0.3, 0.4) is 0 Å². The number of rotatable bonds is 5. The maximum Gasteiger partial charge on any atom is 0.161 e. The molecular weight excluding hydrogens is 689 g/mol. The summed E-state index contributed by atoms with van der Waals surface area (Å²) in [5.41, 5.74) is 15.1. The van der Waals surface area contributed by atoms with Gasteiger partial charge >= 0.3 is 0 Å². The first-order valence-electron chi connectivity index (χ1n) is 19.7. The molecule has 2 nitrogen and oxygen atoms in total. The van der Waals surface area contributed by atoms with E-state index in [9.17, 15) is 0 Å². The monoisotopic (exact) mass is 726 g/mol. The van der Waals surface area contributed by atoms with Crippen molar-refractivity contribution in [1.29, 1.82) is 0 Å². The van der Waals surface area contributed by atoms with Crippen molar-refractivity contribution in [2.24, 2.45) is 0 Å². The molecular formula is C55H38N2. The Morgan fingerprint density at radius 2 is 0.930 bits per heavy atom. The Hall–Kier alpha value is -7.16. The van der Waals surface area contributed by atoms with Crippen molar-refractivity contribution < 1.29 is 0 Å². The van der Waals surface area contributed by atoms with Crippen LogP contribution in [-0.4, -0.2) is 9.97 Å². The Balaban J connectivity index is 1.09. The molecule has 1 heterocycles. The van der Waals surface area contributed by atoms with Gasteiger partial charge in [-0.1, -0.05) is 190 Å². The highest BCUT2D eigenvalue weighted by Gasteiger charge is 2.37. The second-order valence-electron chi connectivity index (χ2n) is 15.7. The lowest BCUT2D eigenvalue weighted by molar-refractivity contribution is 0.666. The van der Waals surface area contributed by atoms with Gasteiger partial charge in [-0.25, -0.2) is 9.97 Å². The van der Waals surface area contributed by atoms with E-state index in [-0.39, 0.29) is 5.41 Å². The molecule has 0 fully saturated rings. The van der Waals surface area contributed by atoms with E-state index in [1.54, 1.807) is 0 Å². The van der Waals surface area contributed by atoms with E-state index >= 15 is 0 Å². The van der Waals surface area contributed by atoms with Crippen molar-refractivity contribution in [2.45, 2.75) is 19.3 Å². The molecule has 1 aliphatic rings. The Bertz CT molecular complexity index is 3210. The number of nitrogens with zero attached hydrogens (tertiary/aromatic N) is 2. The van der Waals surface area contributed by atoms with Crippen molar-refractivity contribution >= 4 is 32.3 Å². The van der Waals surface area contributed by atoms with Crippen molar-refractivity contribution in [2.75, 3.05) is 0 Å². The van der Waals surface area contributed by atoms with Crippen molar-refractivity contribution in [3.8, 4) is 67.3 Å². The molecule has 0 saturated carbocycles.